The van der Waals surface area contributed by atoms with Crippen LogP contribution in [0.5, 0.6) is 0 Å². The molecule has 0 aromatic heterocycles. The highest BCUT2D eigenvalue weighted by Gasteiger charge is 1.99. The lowest BCUT2D eigenvalue weighted by molar-refractivity contribution is -0.122. The number of hydrogen-bond acceptors (Lipinski definition) is 2. The molecule has 0 fully saturated rings. The van der Waals surface area contributed by atoms with Crippen molar-refractivity contribution in [2.75, 3.05) is 20.1 Å². The van der Waals surface area contributed by atoms with Crippen LogP contribution in [0.3, 0.4) is 0 Å². The van der Waals surface area contributed by atoms with E-state index < -0.39 is 0 Å². The second-order valence-corrected chi connectivity index (χ2v) is 3.04. The van der Waals surface area contributed by atoms with Crippen LogP contribution in [0, 0.1) is 0 Å². The summed E-state index contributed by atoms with van der Waals surface area (Å²) in [6.45, 7) is 7.16. The van der Waals surface area contributed by atoms with E-state index in [9.17, 15) is 9.59 Å². The standard InChI is InChI=1S/C9H18N2O2.C2H6/c1-3-4-5-9(13)10-6-7-11(2)8-12;1-2/h8H,3-7H2,1-2H3,(H,10,13);1-2H3. The zero-order chi connectivity index (χ0) is 12.1. The van der Waals surface area contributed by atoms with Gasteiger partial charge in [-0.3, -0.25) is 9.59 Å². The third-order valence-electron chi connectivity index (χ3n) is 1.72. The van der Waals surface area contributed by atoms with E-state index in [4.69, 9.17) is 0 Å². The number of likely N-dealkylation sites (N-methyl/N-ethyl adjacent to an activating group) is 1. The SMILES string of the molecule is CC.CCCCC(=O)NCCN(C)C=O. The predicted octanol–water partition coefficient (Wildman–Crippen LogP) is 1.41. The first kappa shape index (κ1) is 16.4. The van der Waals surface area contributed by atoms with E-state index in [1.165, 1.54) is 4.90 Å². The van der Waals surface area contributed by atoms with E-state index >= 15 is 0 Å². The van der Waals surface area contributed by atoms with Crippen LogP contribution >= 0.6 is 0 Å². The summed E-state index contributed by atoms with van der Waals surface area (Å²) in [6.07, 6.45) is 3.29. The van der Waals surface area contributed by atoms with Gasteiger partial charge in [0.05, 0.1) is 0 Å². The molecule has 0 aliphatic rings. The number of nitrogens with one attached hydrogen (secondary N) is 1. The van der Waals surface area contributed by atoms with Gasteiger partial charge in [-0.15, -0.1) is 0 Å². The summed E-state index contributed by atoms with van der Waals surface area (Å²) in [4.78, 5) is 22.7. The molecule has 0 unspecified atom stereocenters. The molecular formula is C11H24N2O2. The molecule has 0 saturated heterocycles. The first-order valence-electron chi connectivity index (χ1n) is 5.63. The van der Waals surface area contributed by atoms with E-state index in [0.29, 0.717) is 19.5 Å². The van der Waals surface area contributed by atoms with Crippen molar-refractivity contribution in [3.8, 4) is 0 Å². The monoisotopic (exact) mass is 216 g/mol. The molecule has 1 N–H and O–H groups in total. The fourth-order valence-electron chi connectivity index (χ4n) is 0.850. The Hall–Kier alpha value is -1.06. The van der Waals surface area contributed by atoms with Crippen LogP contribution in [0.2, 0.25) is 0 Å². The highest BCUT2D eigenvalue weighted by molar-refractivity contribution is 5.75. The molecular weight excluding hydrogens is 192 g/mol. The van der Waals surface area contributed by atoms with Crippen molar-refractivity contribution in [2.45, 2.75) is 40.0 Å². The van der Waals surface area contributed by atoms with E-state index in [-0.39, 0.29) is 5.91 Å². The van der Waals surface area contributed by atoms with Crippen LogP contribution < -0.4 is 5.32 Å². The number of nitrogens with zero attached hydrogens (tertiary/aromatic N) is 1. The average molecular weight is 216 g/mol. The number of carbonyl (C=O) groups excluding carboxylic acids is 2. The van der Waals surface area contributed by atoms with Crippen molar-refractivity contribution in [3.63, 3.8) is 0 Å². The average Bonchev–Trinajstić information content (AvgIpc) is 2.28. The van der Waals surface area contributed by atoms with Gasteiger partial charge in [-0.05, 0) is 6.42 Å². The minimum absolute atomic E-state index is 0.0705. The molecule has 0 bridgehead atoms. The van der Waals surface area contributed by atoms with Crippen LogP contribution in [0.15, 0.2) is 0 Å². The molecule has 0 aliphatic heterocycles. The Labute approximate surface area is 93.0 Å². The minimum Gasteiger partial charge on any atom is -0.354 e. The molecule has 0 aromatic rings. The maximum Gasteiger partial charge on any atom is 0.220 e. The lowest BCUT2D eigenvalue weighted by atomic mass is 10.2. The molecule has 0 spiro atoms. The smallest absolute Gasteiger partial charge is 0.220 e. The Morgan fingerprint density at radius 2 is 2.00 bits per heavy atom. The van der Waals surface area contributed by atoms with Gasteiger partial charge >= 0.3 is 0 Å². The summed E-state index contributed by atoms with van der Waals surface area (Å²) in [5.41, 5.74) is 0. The van der Waals surface area contributed by atoms with Crippen molar-refractivity contribution in [1.82, 2.24) is 10.2 Å². The Morgan fingerprint density at radius 3 is 2.47 bits per heavy atom. The number of rotatable bonds is 7. The quantitative estimate of drug-likeness (QED) is 0.654. The van der Waals surface area contributed by atoms with Gasteiger partial charge in [0.1, 0.15) is 0 Å². The molecule has 90 valence electrons. The van der Waals surface area contributed by atoms with Crippen molar-refractivity contribution in [3.05, 3.63) is 0 Å². The molecule has 0 atom stereocenters. The maximum atomic E-state index is 11.1. The topological polar surface area (TPSA) is 49.4 Å². The number of carbonyl (C=O) groups is 2. The van der Waals surface area contributed by atoms with Crippen molar-refractivity contribution in [2.24, 2.45) is 0 Å². The summed E-state index contributed by atoms with van der Waals surface area (Å²) < 4.78 is 0. The summed E-state index contributed by atoms with van der Waals surface area (Å²) >= 11 is 0. The highest BCUT2D eigenvalue weighted by Crippen LogP contribution is 1.92. The largest absolute Gasteiger partial charge is 0.354 e. The molecule has 0 aromatic carbocycles. The highest BCUT2D eigenvalue weighted by atomic mass is 16.1. The van der Waals surface area contributed by atoms with Crippen molar-refractivity contribution < 1.29 is 9.59 Å². The van der Waals surface area contributed by atoms with Crippen LogP contribution in [0.1, 0.15) is 40.0 Å². The Morgan fingerprint density at radius 1 is 1.40 bits per heavy atom. The summed E-state index contributed by atoms with van der Waals surface area (Å²) in [5.74, 6) is 0.0705. The summed E-state index contributed by atoms with van der Waals surface area (Å²) in [7, 11) is 1.69. The lowest BCUT2D eigenvalue weighted by Crippen LogP contribution is -2.32. The second kappa shape index (κ2) is 12.9. The van der Waals surface area contributed by atoms with E-state index in [1.807, 2.05) is 20.8 Å². The van der Waals surface area contributed by atoms with Gasteiger partial charge < -0.3 is 10.2 Å². The van der Waals surface area contributed by atoms with Gasteiger partial charge in [-0.2, -0.15) is 0 Å². The van der Waals surface area contributed by atoms with E-state index in [2.05, 4.69) is 5.32 Å². The van der Waals surface area contributed by atoms with Crippen LogP contribution in [0.25, 0.3) is 0 Å². The van der Waals surface area contributed by atoms with E-state index in [1.54, 1.807) is 7.05 Å². The number of amides is 2. The van der Waals surface area contributed by atoms with E-state index in [0.717, 1.165) is 19.3 Å². The van der Waals surface area contributed by atoms with Crippen molar-refractivity contribution >= 4 is 12.3 Å². The van der Waals surface area contributed by atoms with Crippen molar-refractivity contribution in [1.29, 1.82) is 0 Å². The first-order valence-corrected chi connectivity index (χ1v) is 5.63. The molecule has 4 heteroatoms. The van der Waals surface area contributed by atoms with Gasteiger partial charge in [0.15, 0.2) is 0 Å². The summed E-state index contributed by atoms with van der Waals surface area (Å²) in [5, 5.41) is 2.74. The predicted molar refractivity (Wildman–Crippen MR) is 62.6 cm³/mol. The molecule has 15 heavy (non-hydrogen) atoms. The fourth-order valence-corrected chi connectivity index (χ4v) is 0.850. The lowest BCUT2D eigenvalue weighted by Gasteiger charge is -2.10. The second-order valence-electron chi connectivity index (χ2n) is 3.04. The van der Waals surface area contributed by atoms with Gasteiger partial charge in [0.2, 0.25) is 12.3 Å². The van der Waals surface area contributed by atoms with Crippen LogP contribution in [0.4, 0.5) is 0 Å². The van der Waals surface area contributed by atoms with Crippen LogP contribution in [-0.2, 0) is 9.59 Å². The van der Waals surface area contributed by atoms with Gasteiger partial charge in [0, 0.05) is 26.6 Å². The van der Waals surface area contributed by atoms with Gasteiger partial charge in [-0.1, -0.05) is 27.2 Å². The molecule has 0 radical (unpaired) electrons. The first-order chi connectivity index (χ1) is 7.20. The maximum absolute atomic E-state index is 11.1. The zero-order valence-corrected chi connectivity index (χ0v) is 10.4. The zero-order valence-electron chi connectivity index (χ0n) is 10.4. The summed E-state index contributed by atoms with van der Waals surface area (Å²) in [6, 6.07) is 0. The van der Waals surface area contributed by atoms with Gasteiger partial charge in [-0.25, -0.2) is 0 Å². The third-order valence-corrected chi connectivity index (χ3v) is 1.72. The normalized spacial score (nSPS) is 8.53. The van der Waals surface area contributed by atoms with Crippen LogP contribution in [-0.4, -0.2) is 37.4 Å². The molecule has 0 rings (SSSR count). The number of hydrogen-bond donors (Lipinski definition) is 1. The minimum atomic E-state index is 0.0705. The van der Waals surface area contributed by atoms with Gasteiger partial charge in [0.25, 0.3) is 0 Å². The Kier molecular flexibility index (Phi) is 14.1. The number of unbranched alkanes of at least 4 members (excludes halogenated alkanes) is 1. The molecule has 2 amide bonds. The Bertz CT molecular complexity index is 161. The third kappa shape index (κ3) is 12.9. The molecule has 0 heterocycles. The molecule has 0 saturated carbocycles. The Balaban J connectivity index is 0. The molecule has 0 aliphatic carbocycles. The molecule has 4 nitrogen and oxygen atoms in total. The fraction of sp³-hybridized carbons (Fsp3) is 0.818.